The van der Waals surface area contributed by atoms with Crippen LogP contribution in [0.15, 0.2) is 85.0 Å². The SMILES string of the molecule is C=C(C)C(=O)O.C=C(C)C(=O)O[C@@H](C)C(=O)OCc1ccccc1.C[C@H](O)C(=O)OCc1ccccc1. The molecule has 37 heavy (non-hydrogen) atoms. The van der Waals surface area contributed by atoms with Gasteiger partial charge in [0, 0.05) is 11.1 Å². The predicted molar refractivity (Wildman–Crippen MR) is 137 cm³/mol. The van der Waals surface area contributed by atoms with Gasteiger partial charge < -0.3 is 24.4 Å². The third-order valence-electron chi connectivity index (χ3n) is 4.12. The Balaban J connectivity index is 0.000000594. The monoisotopic (exact) mass is 514 g/mol. The van der Waals surface area contributed by atoms with Gasteiger partial charge in [-0.05, 0) is 38.8 Å². The Hall–Kier alpha value is -4.24. The molecule has 200 valence electrons. The third-order valence-corrected chi connectivity index (χ3v) is 4.12. The van der Waals surface area contributed by atoms with Crippen molar-refractivity contribution in [2.75, 3.05) is 0 Å². The molecule has 0 fully saturated rings. The molecule has 2 N–H and O–H groups in total. The summed E-state index contributed by atoms with van der Waals surface area (Å²) in [5.74, 6) is -2.70. The zero-order valence-electron chi connectivity index (χ0n) is 21.5. The second kappa shape index (κ2) is 18.1. The van der Waals surface area contributed by atoms with Crippen LogP contribution >= 0.6 is 0 Å². The first-order valence-electron chi connectivity index (χ1n) is 11.2. The summed E-state index contributed by atoms with van der Waals surface area (Å²) in [6, 6.07) is 18.6. The van der Waals surface area contributed by atoms with E-state index in [1.54, 1.807) is 0 Å². The van der Waals surface area contributed by atoms with E-state index >= 15 is 0 Å². The Morgan fingerprint density at radius 3 is 1.46 bits per heavy atom. The first-order chi connectivity index (χ1) is 17.3. The van der Waals surface area contributed by atoms with E-state index in [1.165, 1.54) is 27.7 Å². The van der Waals surface area contributed by atoms with Gasteiger partial charge in [0.05, 0.1) is 0 Å². The molecule has 0 aliphatic heterocycles. The highest BCUT2D eigenvalue weighted by molar-refractivity contribution is 5.89. The molecule has 0 saturated carbocycles. The van der Waals surface area contributed by atoms with Gasteiger partial charge in [0.15, 0.2) is 6.10 Å². The number of aliphatic hydroxyl groups is 1. The molecule has 0 heterocycles. The Morgan fingerprint density at radius 2 is 1.14 bits per heavy atom. The van der Waals surface area contributed by atoms with Gasteiger partial charge in [-0.15, -0.1) is 0 Å². The number of aliphatic hydroxyl groups excluding tert-OH is 1. The summed E-state index contributed by atoms with van der Waals surface area (Å²) in [6.45, 7) is 12.8. The van der Waals surface area contributed by atoms with Gasteiger partial charge in [0.2, 0.25) is 0 Å². The van der Waals surface area contributed by atoms with E-state index in [0.717, 1.165) is 11.1 Å². The lowest BCUT2D eigenvalue weighted by atomic mass is 10.2. The standard InChI is InChI=1S/C14H16O4.C10H12O3.C4H6O2/c1-10(2)13(15)18-11(3)14(16)17-9-12-7-5-4-6-8-12;1-8(11)10(12)13-7-9-5-3-2-4-6-9;1-3(2)4(5)6/h4-8,11H,1,9H2,2-3H3;2-6,8,11H,7H2,1H3;1H2,2H3,(H,5,6)/t11-;8-;/m00./s1. The molecule has 0 bridgehead atoms. The molecule has 0 radical (unpaired) electrons. The van der Waals surface area contributed by atoms with Crippen molar-refractivity contribution in [3.05, 3.63) is 96.1 Å². The normalized spacial score (nSPS) is 11.1. The Bertz CT molecular complexity index is 1020. The maximum atomic E-state index is 11.5. The third kappa shape index (κ3) is 16.1. The number of carboxylic acids is 1. The molecule has 0 unspecified atom stereocenters. The molecule has 0 aliphatic rings. The summed E-state index contributed by atoms with van der Waals surface area (Å²) in [5, 5.41) is 16.7. The van der Waals surface area contributed by atoms with Crippen LogP contribution in [0.3, 0.4) is 0 Å². The molecule has 2 rings (SSSR count). The van der Waals surface area contributed by atoms with Crippen molar-refractivity contribution < 1.29 is 43.6 Å². The van der Waals surface area contributed by atoms with Crippen LogP contribution < -0.4 is 0 Å². The van der Waals surface area contributed by atoms with E-state index in [2.05, 4.69) is 13.2 Å². The molecule has 9 heteroatoms. The van der Waals surface area contributed by atoms with E-state index < -0.39 is 36.1 Å². The Morgan fingerprint density at radius 1 is 0.757 bits per heavy atom. The van der Waals surface area contributed by atoms with Gasteiger partial charge in [0.25, 0.3) is 0 Å². The van der Waals surface area contributed by atoms with E-state index in [1.807, 2.05) is 60.7 Å². The van der Waals surface area contributed by atoms with Crippen molar-refractivity contribution in [2.45, 2.75) is 53.1 Å². The van der Waals surface area contributed by atoms with Crippen LogP contribution in [0.5, 0.6) is 0 Å². The molecule has 0 spiro atoms. The van der Waals surface area contributed by atoms with Crippen LogP contribution in [-0.2, 0) is 46.6 Å². The van der Waals surface area contributed by atoms with Gasteiger partial charge in [-0.3, -0.25) is 0 Å². The molecule has 0 aromatic heterocycles. The summed E-state index contributed by atoms with van der Waals surface area (Å²) in [4.78, 5) is 43.2. The van der Waals surface area contributed by atoms with Crippen LogP contribution in [0, 0.1) is 0 Å². The van der Waals surface area contributed by atoms with Crippen molar-refractivity contribution in [2.24, 2.45) is 0 Å². The van der Waals surface area contributed by atoms with Gasteiger partial charge in [-0.25, -0.2) is 19.2 Å². The summed E-state index contributed by atoms with van der Waals surface area (Å²) in [6.07, 6.45) is -1.98. The number of ether oxygens (including phenoxy) is 3. The minimum atomic E-state index is -1.05. The number of esters is 3. The number of carbonyl (C=O) groups is 4. The Kier molecular flexibility index (Phi) is 16.0. The fourth-order valence-electron chi connectivity index (χ4n) is 2.00. The summed E-state index contributed by atoms with van der Waals surface area (Å²) < 4.78 is 14.7. The van der Waals surface area contributed by atoms with Crippen molar-refractivity contribution in [3.63, 3.8) is 0 Å². The van der Waals surface area contributed by atoms with Crippen LogP contribution in [0.25, 0.3) is 0 Å². The minimum Gasteiger partial charge on any atom is -0.478 e. The number of aliphatic carboxylic acids is 1. The molecule has 9 nitrogen and oxygen atoms in total. The van der Waals surface area contributed by atoms with Crippen LogP contribution in [-0.4, -0.2) is 46.3 Å². The highest BCUT2D eigenvalue weighted by Gasteiger charge is 2.19. The van der Waals surface area contributed by atoms with E-state index in [9.17, 15) is 19.2 Å². The largest absolute Gasteiger partial charge is 0.478 e. The smallest absolute Gasteiger partial charge is 0.347 e. The van der Waals surface area contributed by atoms with Crippen molar-refractivity contribution in [3.8, 4) is 0 Å². The highest BCUT2D eigenvalue weighted by atomic mass is 16.6. The number of hydrogen-bond donors (Lipinski definition) is 2. The number of carboxylic acid groups (broad SMARTS) is 1. The number of rotatable bonds is 9. The average molecular weight is 515 g/mol. The second-order valence-electron chi connectivity index (χ2n) is 7.78. The fourth-order valence-corrected chi connectivity index (χ4v) is 2.00. The van der Waals surface area contributed by atoms with Crippen LogP contribution in [0.4, 0.5) is 0 Å². The molecule has 0 aliphatic carbocycles. The first-order valence-corrected chi connectivity index (χ1v) is 11.2. The second-order valence-corrected chi connectivity index (χ2v) is 7.78. The van der Waals surface area contributed by atoms with Crippen LogP contribution in [0.2, 0.25) is 0 Å². The van der Waals surface area contributed by atoms with E-state index in [4.69, 9.17) is 24.4 Å². The molecule has 2 atom stereocenters. The topological polar surface area (TPSA) is 136 Å². The molecular formula is C28H34O9. The lowest BCUT2D eigenvalue weighted by molar-refractivity contribution is -0.165. The maximum absolute atomic E-state index is 11.5. The van der Waals surface area contributed by atoms with Gasteiger partial charge in [-0.1, -0.05) is 73.8 Å². The minimum absolute atomic E-state index is 0.161. The maximum Gasteiger partial charge on any atom is 0.347 e. The average Bonchev–Trinajstić information content (AvgIpc) is 2.87. The van der Waals surface area contributed by atoms with Gasteiger partial charge in [0.1, 0.15) is 19.3 Å². The molecular weight excluding hydrogens is 480 g/mol. The zero-order chi connectivity index (χ0) is 28.4. The summed E-state index contributed by atoms with van der Waals surface area (Å²) in [5.41, 5.74) is 2.22. The first kappa shape index (κ1) is 32.8. The highest BCUT2D eigenvalue weighted by Crippen LogP contribution is 2.05. The lowest BCUT2D eigenvalue weighted by Gasteiger charge is -2.12. The van der Waals surface area contributed by atoms with Gasteiger partial charge in [-0.2, -0.15) is 0 Å². The molecule has 0 amide bonds. The van der Waals surface area contributed by atoms with Crippen molar-refractivity contribution in [1.82, 2.24) is 0 Å². The van der Waals surface area contributed by atoms with Gasteiger partial charge >= 0.3 is 23.9 Å². The van der Waals surface area contributed by atoms with Crippen molar-refractivity contribution >= 4 is 23.9 Å². The number of hydrogen-bond acceptors (Lipinski definition) is 8. The zero-order valence-corrected chi connectivity index (χ0v) is 21.5. The quantitative estimate of drug-likeness (QED) is 0.289. The number of carbonyl (C=O) groups excluding carboxylic acids is 3. The van der Waals surface area contributed by atoms with E-state index in [-0.39, 0.29) is 24.4 Å². The lowest BCUT2D eigenvalue weighted by Crippen LogP contribution is -2.26. The van der Waals surface area contributed by atoms with Crippen LogP contribution in [0.1, 0.15) is 38.8 Å². The molecule has 0 saturated heterocycles. The van der Waals surface area contributed by atoms with Crippen molar-refractivity contribution in [1.29, 1.82) is 0 Å². The summed E-state index contributed by atoms with van der Waals surface area (Å²) in [7, 11) is 0. The molecule has 2 aromatic rings. The summed E-state index contributed by atoms with van der Waals surface area (Å²) >= 11 is 0. The predicted octanol–water partition coefficient (Wildman–Crippen LogP) is 4.00. The number of benzene rings is 2. The Labute approximate surface area is 217 Å². The molecule has 2 aromatic carbocycles. The van der Waals surface area contributed by atoms with E-state index in [0.29, 0.717) is 0 Å². The fraction of sp³-hybridized carbons (Fsp3) is 0.286.